The van der Waals surface area contributed by atoms with Gasteiger partial charge in [0.2, 0.25) is 5.91 Å². The van der Waals surface area contributed by atoms with Crippen LogP contribution in [0.2, 0.25) is 0 Å². The monoisotopic (exact) mass is 228 g/mol. The smallest absolute Gasteiger partial charge is 0.242 e. The van der Waals surface area contributed by atoms with Crippen LogP contribution in [-0.4, -0.2) is 61.9 Å². The Labute approximate surface area is 96.1 Å². The number of carbonyl (C=O) groups is 1. The van der Waals surface area contributed by atoms with Crippen molar-refractivity contribution in [1.82, 2.24) is 10.2 Å². The number of nitrogens with zero attached hydrogens (tertiary/aromatic N) is 1. The minimum Gasteiger partial charge on any atom is -0.378 e. The standard InChI is InChI=1S/C11H20N2O3/c1-11(2)8-16-6-4-13(11)10(14)9-7-15-5-3-12-9/h9,12H,3-8H2,1-2H3. The van der Waals surface area contributed by atoms with E-state index in [9.17, 15) is 4.79 Å². The van der Waals surface area contributed by atoms with Crippen LogP contribution in [-0.2, 0) is 14.3 Å². The molecule has 0 radical (unpaired) electrons. The first-order valence-electron chi connectivity index (χ1n) is 5.81. The fourth-order valence-electron chi connectivity index (χ4n) is 2.18. The van der Waals surface area contributed by atoms with Crippen LogP contribution < -0.4 is 5.32 Å². The van der Waals surface area contributed by atoms with Gasteiger partial charge in [-0.2, -0.15) is 0 Å². The Hall–Kier alpha value is -0.650. The van der Waals surface area contributed by atoms with E-state index in [1.54, 1.807) is 0 Å². The number of hydrogen-bond donors (Lipinski definition) is 1. The summed E-state index contributed by atoms with van der Waals surface area (Å²) in [5, 5.41) is 3.20. The molecule has 0 aliphatic carbocycles. The Balaban J connectivity index is 2.01. The molecule has 0 saturated carbocycles. The maximum absolute atomic E-state index is 12.3. The zero-order chi connectivity index (χ0) is 11.6. The van der Waals surface area contributed by atoms with Crippen LogP contribution in [0.15, 0.2) is 0 Å². The molecular weight excluding hydrogens is 208 g/mol. The summed E-state index contributed by atoms with van der Waals surface area (Å²) in [7, 11) is 0. The third-order valence-electron chi connectivity index (χ3n) is 3.13. The first-order chi connectivity index (χ1) is 7.61. The van der Waals surface area contributed by atoms with Crippen molar-refractivity contribution in [2.75, 3.05) is 39.5 Å². The molecule has 1 N–H and O–H groups in total. The van der Waals surface area contributed by atoms with Crippen LogP contribution in [0, 0.1) is 0 Å². The first kappa shape index (κ1) is 11.8. The Morgan fingerprint density at radius 3 is 2.81 bits per heavy atom. The van der Waals surface area contributed by atoms with Crippen molar-refractivity contribution in [3.8, 4) is 0 Å². The Morgan fingerprint density at radius 2 is 2.19 bits per heavy atom. The predicted octanol–water partition coefficient (Wildman–Crippen LogP) is -0.388. The van der Waals surface area contributed by atoms with Crippen molar-refractivity contribution >= 4 is 5.91 Å². The largest absolute Gasteiger partial charge is 0.378 e. The average Bonchev–Trinajstić information content (AvgIpc) is 2.29. The molecule has 2 fully saturated rings. The van der Waals surface area contributed by atoms with E-state index in [-0.39, 0.29) is 17.5 Å². The molecular formula is C11H20N2O3. The highest BCUT2D eigenvalue weighted by atomic mass is 16.5. The summed E-state index contributed by atoms with van der Waals surface area (Å²) < 4.78 is 10.7. The van der Waals surface area contributed by atoms with Crippen LogP contribution in [0.1, 0.15) is 13.8 Å². The van der Waals surface area contributed by atoms with Crippen LogP contribution >= 0.6 is 0 Å². The van der Waals surface area contributed by atoms with E-state index in [1.165, 1.54) is 0 Å². The van der Waals surface area contributed by atoms with Gasteiger partial charge in [-0.1, -0.05) is 0 Å². The highest BCUT2D eigenvalue weighted by Gasteiger charge is 2.37. The summed E-state index contributed by atoms with van der Waals surface area (Å²) in [4.78, 5) is 14.2. The highest BCUT2D eigenvalue weighted by molar-refractivity contribution is 5.83. The van der Waals surface area contributed by atoms with Crippen molar-refractivity contribution in [3.63, 3.8) is 0 Å². The second kappa shape index (κ2) is 4.69. The molecule has 2 aliphatic rings. The lowest BCUT2D eigenvalue weighted by molar-refractivity contribution is -0.151. The van der Waals surface area contributed by atoms with E-state index in [4.69, 9.17) is 9.47 Å². The molecule has 2 saturated heterocycles. The summed E-state index contributed by atoms with van der Waals surface area (Å²) in [5.74, 6) is 0.132. The van der Waals surface area contributed by atoms with E-state index in [0.717, 1.165) is 6.54 Å². The number of nitrogens with one attached hydrogen (secondary N) is 1. The molecule has 2 aliphatic heterocycles. The summed E-state index contributed by atoms with van der Waals surface area (Å²) in [5.41, 5.74) is -0.214. The molecule has 1 atom stereocenters. The topological polar surface area (TPSA) is 50.8 Å². The quantitative estimate of drug-likeness (QED) is 0.664. The van der Waals surface area contributed by atoms with Gasteiger partial charge in [0, 0.05) is 13.1 Å². The molecule has 5 heteroatoms. The number of hydrogen-bond acceptors (Lipinski definition) is 4. The van der Waals surface area contributed by atoms with Crippen molar-refractivity contribution < 1.29 is 14.3 Å². The molecule has 16 heavy (non-hydrogen) atoms. The van der Waals surface area contributed by atoms with Gasteiger partial charge in [0.25, 0.3) is 0 Å². The average molecular weight is 228 g/mol. The van der Waals surface area contributed by atoms with Crippen LogP contribution in [0.25, 0.3) is 0 Å². The molecule has 2 heterocycles. The predicted molar refractivity (Wildman–Crippen MR) is 59.2 cm³/mol. The summed E-state index contributed by atoms with van der Waals surface area (Å²) in [6, 6.07) is -0.189. The number of rotatable bonds is 1. The van der Waals surface area contributed by atoms with Gasteiger partial charge in [-0.3, -0.25) is 4.79 Å². The van der Waals surface area contributed by atoms with Crippen molar-refractivity contribution in [3.05, 3.63) is 0 Å². The maximum Gasteiger partial charge on any atom is 0.242 e. The van der Waals surface area contributed by atoms with Gasteiger partial charge in [-0.15, -0.1) is 0 Å². The number of morpholine rings is 2. The third-order valence-corrected chi connectivity index (χ3v) is 3.13. The molecule has 5 nitrogen and oxygen atoms in total. The second-order valence-corrected chi connectivity index (χ2v) is 4.94. The minimum absolute atomic E-state index is 0.132. The highest BCUT2D eigenvalue weighted by Crippen LogP contribution is 2.20. The maximum atomic E-state index is 12.3. The summed E-state index contributed by atoms with van der Waals surface area (Å²) in [6.45, 7) is 7.89. The fraction of sp³-hybridized carbons (Fsp3) is 0.909. The van der Waals surface area contributed by atoms with E-state index < -0.39 is 0 Å². The summed E-state index contributed by atoms with van der Waals surface area (Å²) >= 11 is 0. The Morgan fingerprint density at radius 1 is 1.38 bits per heavy atom. The Kier molecular flexibility index (Phi) is 3.47. The van der Waals surface area contributed by atoms with Gasteiger partial charge in [0.15, 0.2) is 0 Å². The molecule has 0 spiro atoms. The SMILES string of the molecule is CC1(C)COCCN1C(=O)C1COCCN1. The van der Waals surface area contributed by atoms with Crippen LogP contribution in [0.5, 0.6) is 0 Å². The second-order valence-electron chi connectivity index (χ2n) is 4.94. The first-order valence-corrected chi connectivity index (χ1v) is 5.81. The van der Waals surface area contributed by atoms with E-state index in [0.29, 0.717) is 33.0 Å². The fourth-order valence-corrected chi connectivity index (χ4v) is 2.18. The molecule has 0 aromatic heterocycles. The van der Waals surface area contributed by atoms with Crippen molar-refractivity contribution in [1.29, 1.82) is 0 Å². The van der Waals surface area contributed by atoms with Gasteiger partial charge in [0.05, 0.1) is 32.0 Å². The summed E-state index contributed by atoms with van der Waals surface area (Å²) in [6.07, 6.45) is 0. The zero-order valence-corrected chi connectivity index (χ0v) is 9.99. The molecule has 0 aromatic carbocycles. The lowest BCUT2D eigenvalue weighted by atomic mass is 10.0. The van der Waals surface area contributed by atoms with Crippen LogP contribution in [0.4, 0.5) is 0 Å². The number of ether oxygens (including phenoxy) is 2. The van der Waals surface area contributed by atoms with Gasteiger partial charge in [0.1, 0.15) is 6.04 Å². The molecule has 0 bridgehead atoms. The van der Waals surface area contributed by atoms with Crippen molar-refractivity contribution in [2.45, 2.75) is 25.4 Å². The lowest BCUT2D eigenvalue weighted by Gasteiger charge is -2.44. The normalized spacial score (nSPS) is 30.1. The van der Waals surface area contributed by atoms with Crippen LogP contribution in [0.3, 0.4) is 0 Å². The Bertz CT molecular complexity index is 262. The number of carbonyl (C=O) groups excluding carboxylic acids is 1. The van der Waals surface area contributed by atoms with Gasteiger partial charge >= 0.3 is 0 Å². The molecule has 92 valence electrons. The van der Waals surface area contributed by atoms with Gasteiger partial charge in [-0.25, -0.2) is 0 Å². The van der Waals surface area contributed by atoms with Crippen molar-refractivity contribution in [2.24, 2.45) is 0 Å². The minimum atomic E-state index is -0.214. The van der Waals surface area contributed by atoms with Gasteiger partial charge in [-0.05, 0) is 13.8 Å². The third kappa shape index (κ3) is 2.36. The lowest BCUT2D eigenvalue weighted by Crippen LogP contribution is -2.62. The molecule has 0 aromatic rings. The molecule has 1 unspecified atom stereocenters. The zero-order valence-electron chi connectivity index (χ0n) is 9.99. The molecule has 1 amide bonds. The van der Waals surface area contributed by atoms with E-state index in [2.05, 4.69) is 5.32 Å². The molecule has 2 rings (SSSR count). The number of amides is 1. The van der Waals surface area contributed by atoms with Gasteiger partial charge < -0.3 is 19.7 Å². The van der Waals surface area contributed by atoms with E-state index in [1.807, 2.05) is 18.7 Å². The van der Waals surface area contributed by atoms with E-state index >= 15 is 0 Å².